The first-order chi connectivity index (χ1) is 9.20. The molecule has 0 spiro atoms. The smallest absolute Gasteiger partial charge is 0.293 e. The highest BCUT2D eigenvalue weighted by Crippen LogP contribution is 2.28. The molecular weight excluding hydrogens is 238 g/mol. The average molecular weight is 263 g/mol. The minimum absolute atomic E-state index is 0.00760. The van der Waals surface area contributed by atoms with Crippen molar-refractivity contribution < 1.29 is 0 Å². The molecule has 0 aromatic carbocycles. The molecule has 1 aromatic rings. The van der Waals surface area contributed by atoms with Crippen molar-refractivity contribution in [3.05, 3.63) is 22.7 Å². The summed E-state index contributed by atoms with van der Waals surface area (Å²) < 4.78 is 1.73. The zero-order valence-electron chi connectivity index (χ0n) is 12.1. The van der Waals surface area contributed by atoms with E-state index in [9.17, 15) is 4.79 Å². The van der Waals surface area contributed by atoms with Crippen LogP contribution in [-0.2, 0) is 6.54 Å². The van der Waals surface area contributed by atoms with E-state index in [2.05, 4.69) is 24.1 Å². The van der Waals surface area contributed by atoms with Gasteiger partial charge in [0.2, 0.25) is 0 Å². The molecule has 0 saturated heterocycles. The Hall–Kier alpha value is -1.32. The van der Waals surface area contributed by atoms with Gasteiger partial charge < -0.3 is 9.88 Å². The molecule has 1 fully saturated rings. The van der Waals surface area contributed by atoms with E-state index >= 15 is 0 Å². The Morgan fingerprint density at radius 1 is 1.47 bits per heavy atom. The second kappa shape index (κ2) is 6.73. The fourth-order valence-electron chi connectivity index (χ4n) is 2.97. The number of hydrogen-bond acceptors (Lipinski definition) is 3. The fraction of sp³-hybridized carbons (Fsp3) is 0.733. The number of nitrogens with zero attached hydrogens (tertiary/aromatic N) is 2. The van der Waals surface area contributed by atoms with Crippen molar-refractivity contribution in [3.63, 3.8) is 0 Å². The predicted octanol–water partition coefficient (Wildman–Crippen LogP) is 2.89. The lowest BCUT2D eigenvalue weighted by Gasteiger charge is -2.26. The molecule has 1 aromatic heterocycles. The van der Waals surface area contributed by atoms with Gasteiger partial charge in [-0.05, 0) is 31.1 Å². The molecule has 19 heavy (non-hydrogen) atoms. The van der Waals surface area contributed by atoms with Gasteiger partial charge in [0.1, 0.15) is 0 Å². The van der Waals surface area contributed by atoms with E-state index in [4.69, 9.17) is 0 Å². The summed E-state index contributed by atoms with van der Waals surface area (Å²) in [6.45, 7) is 6.03. The predicted molar refractivity (Wildman–Crippen MR) is 78.4 cm³/mol. The van der Waals surface area contributed by atoms with Gasteiger partial charge >= 0.3 is 0 Å². The molecule has 1 heterocycles. The number of rotatable bonds is 5. The highest BCUT2D eigenvalue weighted by atomic mass is 16.1. The number of aromatic nitrogens is 2. The number of nitrogens with one attached hydrogen (secondary N) is 1. The maximum absolute atomic E-state index is 12.1. The normalized spacial score (nSPS) is 23.3. The van der Waals surface area contributed by atoms with Crippen molar-refractivity contribution in [2.24, 2.45) is 11.8 Å². The maximum atomic E-state index is 12.1. The van der Waals surface area contributed by atoms with E-state index in [0.717, 1.165) is 25.4 Å². The number of hydrogen-bond donors (Lipinski definition) is 1. The molecule has 2 atom stereocenters. The van der Waals surface area contributed by atoms with Crippen molar-refractivity contribution in [3.8, 4) is 0 Å². The Morgan fingerprint density at radius 2 is 2.32 bits per heavy atom. The molecule has 4 nitrogen and oxygen atoms in total. The van der Waals surface area contributed by atoms with Crippen LogP contribution in [0.1, 0.15) is 46.0 Å². The second-order valence-electron chi connectivity index (χ2n) is 5.79. The molecule has 0 bridgehead atoms. The Balaban J connectivity index is 1.95. The van der Waals surface area contributed by atoms with Crippen LogP contribution in [0.25, 0.3) is 0 Å². The van der Waals surface area contributed by atoms with Crippen molar-refractivity contribution in [1.82, 2.24) is 9.55 Å². The molecule has 106 valence electrons. The van der Waals surface area contributed by atoms with Gasteiger partial charge in [-0.15, -0.1) is 0 Å². The molecule has 1 aliphatic carbocycles. The van der Waals surface area contributed by atoms with Crippen molar-refractivity contribution in [1.29, 1.82) is 0 Å². The standard InChI is InChI=1S/C15H25N3O/c1-3-8-18-9-7-16-14(15(18)19)17-11-13-6-4-5-12(2)10-13/h7,9,12-13H,3-6,8,10-11H2,1-2H3,(H,16,17). The second-order valence-corrected chi connectivity index (χ2v) is 5.79. The molecular formula is C15H25N3O. The Kier molecular flexibility index (Phi) is 5.00. The van der Waals surface area contributed by atoms with Gasteiger partial charge in [-0.2, -0.15) is 0 Å². The van der Waals surface area contributed by atoms with Crippen molar-refractivity contribution >= 4 is 5.82 Å². The van der Waals surface area contributed by atoms with E-state index in [1.807, 2.05) is 0 Å². The maximum Gasteiger partial charge on any atom is 0.293 e. The van der Waals surface area contributed by atoms with Gasteiger partial charge in [-0.25, -0.2) is 4.98 Å². The highest BCUT2D eigenvalue weighted by molar-refractivity contribution is 5.30. The summed E-state index contributed by atoms with van der Waals surface area (Å²) in [7, 11) is 0. The number of aryl methyl sites for hydroxylation is 1. The number of anilines is 1. The van der Waals surface area contributed by atoms with E-state index in [1.54, 1.807) is 17.0 Å². The van der Waals surface area contributed by atoms with E-state index in [1.165, 1.54) is 25.7 Å². The van der Waals surface area contributed by atoms with Crippen LogP contribution in [0.5, 0.6) is 0 Å². The lowest BCUT2D eigenvalue weighted by atomic mass is 9.82. The summed E-state index contributed by atoms with van der Waals surface area (Å²) >= 11 is 0. The Bertz CT molecular complexity index is 455. The van der Waals surface area contributed by atoms with E-state index < -0.39 is 0 Å². The zero-order chi connectivity index (χ0) is 13.7. The van der Waals surface area contributed by atoms with E-state index in [-0.39, 0.29) is 5.56 Å². The molecule has 2 rings (SSSR count). The molecule has 4 heteroatoms. The lowest BCUT2D eigenvalue weighted by molar-refractivity contribution is 0.293. The van der Waals surface area contributed by atoms with Gasteiger partial charge in [-0.1, -0.05) is 26.7 Å². The highest BCUT2D eigenvalue weighted by Gasteiger charge is 2.19. The Morgan fingerprint density at radius 3 is 3.05 bits per heavy atom. The average Bonchev–Trinajstić information content (AvgIpc) is 2.40. The molecule has 0 aliphatic heterocycles. The summed E-state index contributed by atoms with van der Waals surface area (Å²) in [4.78, 5) is 16.3. The third-order valence-corrected chi connectivity index (χ3v) is 3.98. The van der Waals surface area contributed by atoms with Crippen LogP contribution in [0.3, 0.4) is 0 Å². The van der Waals surface area contributed by atoms with Crippen LogP contribution in [0.15, 0.2) is 17.2 Å². The quantitative estimate of drug-likeness (QED) is 0.888. The first-order valence-corrected chi connectivity index (χ1v) is 7.50. The van der Waals surface area contributed by atoms with Crippen LogP contribution in [-0.4, -0.2) is 16.1 Å². The largest absolute Gasteiger partial charge is 0.365 e. The van der Waals surface area contributed by atoms with Gasteiger partial charge in [0, 0.05) is 25.5 Å². The molecule has 0 radical (unpaired) electrons. The summed E-state index contributed by atoms with van der Waals surface area (Å²) in [5, 5.41) is 3.26. The van der Waals surface area contributed by atoms with Crippen LogP contribution in [0.2, 0.25) is 0 Å². The van der Waals surface area contributed by atoms with Crippen molar-refractivity contribution in [2.45, 2.75) is 52.5 Å². The minimum atomic E-state index is 0.00760. The lowest BCUT2D eigenvalue weighted by Crippen LogP contribution is -2.27. The minimum Gasteiger partial charge on any atom is -0.365 e. The SMILES string of the molecule is CCCn1ccnc(NCC2CCCC(C)C2)c1=O. The van der Waals surface area contributed by atoms with Gasteiger partial charge in [0.15, 0.2) is 5.82 Å². The first-order valence-electron chi connectivity index (χ1n) is 7.50. The topological polar surface area (TPSA) is 46.9 Å². The van der Waals surface area contributed by atoms with Gasteiger partial charge in [0.05, 0.1) is 0 Å². The van der Waals surface area contributed by atoms with E-state index in [0.29, 0.717) is 11.7 Å². The third-order valence-electron chi connectivity index (χ3n) is 3.98. The molecule has 0 amide bonds. The molecule has 2 unspecified atom stereocenters. The Labute approximate surface area is 115 Å². The van der Waals surface area contributed by atoms with Crippen LogP contribution < -0.4 is 10.9 Å². The zero-order valence-corrected chi connectivity index (χ0v) is 12.1. The third kappa shape index (κ3) is 3.82. The summed E-state index contributed by atoms with van der Waals surface area (Å²) in [5.41, 5.74) is 0.00760. The fourth-order valence-corrected chi connectivity index (χ4v) is 2.97. The van der Waals surface area contributed by atoms with Crippen LogP contribution in [0, 0.1) is 11.8 Å². The van der Waals surface area contributed by atoms with Gasteiger partial charge in [-0.3, -0.25) is 4.79 Å². The molecule has 1 aliphatic rings. The summed E-state index contributed by atoms with van der Waals surface area (Å²) in [5.74, 6) is 2.01. The summed E-state index contributed by atoms with van der Waals surface area (Å²) in [6.07, 6.45) is 9.64. The molecule has 1 N–H and O–H groups in total. The van der Waals surface area contributed by atoms with Crippen LogP contribution >= 0.6 is 0 Å². The van der Waals surface area contributed by atoms with Crippen LogP contribution in [0.4, 0.5) is 5.82 Å². The first kappa shape index (κ1) is 14.1. The van der Waals surface area contributed by atoms with Gasteiger partial charge in [0.25, 0.3) is 5.56 Å². The monoisotopic (exact) mass is 263 g/mol. The van der Waals surface area contributed by atoms with Crippen molar-refractivity contribution in [2.75, 3.05) is 11.9 Å². The summed E-state index contributed by atoms with van der Waals surface area (Å²) in [6, 6.07) is 0. The molecule has 1 saturated carbocycles.